The second-order valence-corrected chi connectivity index (χ2v) is 9.61. The SMILES string of the molecule is Cc1nc(-n2nc(-c3cccs3)cc2NC(=O)C(C)(C)CCl)[nH]c(=O)c1Cc1ccccc1. The van der Waals surface area contributed by atoms with E-state index in [1.807, 2.05) is 47.8 Å². The largest absolute Gasteiger partial charge is 0.310 e. The smallest absolute Gasteiger partial charge is 0.256 e. The molecule has 0 aliphatic heterocycles. The summed E-state index contributed by atoms with van der Waals surface area (Å²) >= 11 is 7.51. The van der Waals surface area contributed by atoms with Crippen LogP contribution in [0.15, 0.2) is 58.7 Å². The Morgan fingerprint density at radius 1 is 1.21 bits per heavy atom. The third-order valence-electron chi connectivity index (χ3n) is 5.31. The molecule has 9 heteroatoms. The summed E-state index contributed by atoms with van der Waals surface area (Å²) in [6, 6.07) is 15.4. The first kappa shape index (κ1) is 22.9. The maximum absolute atomic E-state index is 13.0. The summed E-state index contributed by atoms with van der Waals surface area (Å²) in [5.41, 5.74) is 1.85. The van der Waals surface area contributed by atoms with Gasteiger partial charge in [0.05, 0.1) is 16.0 Å². The van der Waals surface area contributed by atoms with Crippen LogP contribution in [0.4, 0.5) is 5.82 Å². The van der Waals surface area contributed by atoms with Gasteiger partial charge in [0.15, 0.2) is 0 Å². The summed E-state index contributed by atoms with van der Waals surface area (Å²) in [6.07, 6.45) is 0.475. The Bertz CT molecular complexity index is 1330. The van der Waals surface area contributed by atoms with Gasteiger partial charge in [0.25, 0.3) is 5.56 Å². The van der Waals surface area contributed by atoms with Crippen LogP contribution in [0.1, 0.15) is 30.7 Å². The van der Waals surface area contributed by atoms with Gasteiger partial charge in [-0.1, -0.05) is 36.4 Å². The van der Waals surface area contributed by atoms with Crippen LogP contribution in [-0.4, -0.2) is 31.5 Å². The summed E-state index contributed by atoms with van der Waals surface area (Å²) < 4.78 is 1.46. The van der Waals surface area contributed by atoms with Crippen LogP contribution in [0.3, 0.4) is 0 Å². The van der Waals surface area contributed by atoms with Crippen LogP contribution in [0.25, 0.3) is 16.5 Å². The Balaban J connectivity index is 1.76. The monoisotopic (exact) mass is 481 g/mol. The lowest BCUT2D eigenvalue weighted by Crippen LogP contribution is -2.33. The van der Waals surface area contributed by atoms with Crippen molar-refractivity contribution in [3.63, 3.8) is 0 Å². The lowest BCUT2D eigenvalue weighted by molar-refractivity contribution is -0.123. The van der Waals surface area contributed by atoms with E-state index in [1.165, 1.54) is 16.0 Å². The summed E-state index contributed by atoms with van der Waals surface area (Å²) in [4.78, 5) is 34.2. The first-order valence-corrected chi connectivity index (χ1v) is 11.9. The molecule has 0 radical (unpaired) electrons. The first-order chi connectivity index (χ1) is 15.8. The summed E-state index contributed by atoms with van der Waals surface area (Å²) in [5.74, 6) is 0.542. The maximum Gasteiger partial charge on any atom is 0.256 e. The number of hydrogen-bond donors (Lipinski definition) is 2. The fourth-order valence-corrected chi connectivity index (χ4v) is 4.03. The van der Waals surface area contributed by atoms with Crippen molar-refractivity contribution in [3.8, 4) is 16.5 Å². The third-order valence-corrected chi connectivity index (χ3v) is 6.87. The molecule has 3 heterocycles. The van der Waals surface area contributed by atoms with Crippen LogP contribution in [-0.2, 0) is 11.2 Å². The lowest BCUT2D eigenvalue weighted by atomic mass is 9.95. The summed E-state index contributed by atoms with van der Waals surface area (Å²) in [5, 5.41) is 9.47. The van der Waals surface area contributed by atoms with Gasteiger partial charge in [0.1, 0.15) is 11.5 Å². The number of nitrogens with zero attached hydrogens (tertiary/aromatic N) is 3. The Hall–Kier alpha value is -3.23. The molecule has 0 bridgehead atoms. The van der Waals surface area contributed by atoms with Gasteiger partial charge in [-0.2, -0.15) is 9.78 Å². The number of alkyl halides is 1. The van der Waals surface area contributed by atoms with Gasteiger partial charge < -0.3 is 5.32 Å². The zero-order valence-electron chi connectivity index (χ0n) is 18.6. The third kappa shape index (κ3) is 4.91. The van der Waals surface area contributed by atoms with E-state index in [1.54, 1.807) is 26.8 Å². The normalized spacial score (nSPS) is 11.5. The van der Waals surface area contributed by atoms with Crippen LogP contribution >= 0.6 is 22.9 Å². The highest BCUT2D eigenvalue weighted by molar-refractivity contribution is 7.13. The molecule has 1 aromatic carbocycles. The summed E-state index contributed by atoms with van der Waals surface area (Å²) in [7, 11) is 0. The number of carbonyl (C=O) groups is 1. The Morgan fingerprint density at radius 3 is 2.61 bits per heavy atom. The molecule has 1 amide bonds. The van der Waals surface area contributed by atoms with Crippen LogP contribution in [0.2, 0.25) is 0 Å². The number of aromatic amines is 1. The van der Waals surface area contributed by atoms with E-state index in [4.69, 9.17) is 11.6 Å². The average molecular weight is 482 g/mol. The van der Waals surface area contributed by atoms with E-state index in [0.717, 1.165) is 10.4 Å². The molecule has 170 valence electrons. The molecule has 3 aromatic heterocycles. The minimum absolute atomic E-state index is 0.160. The van der Waals surface area contributed by atoms with E-state index in [9.17, 15) is 9.59 Å². The number of halogens is 1. The minimum atomic E-state index is -0.782. The lowest BCUT2D eigenvalue weighted by Gasteiger charge is -2.20. The van der Waals surface area contributed by atoms with Gasteiger partial charge in [0.2, 0.25) is 11.9 Å². The fraction of sp³-hybridized carbons (Fsp3) is 0.250. The predicted molar refractivity (Wildman–Crippen MR) is 132 cm³/mol. The molecule has 0 atom stereocenters. The molecule has 0 saturated heterocycles. The first-order valence-electron chi connectivity index (χ1n) is 10.4. The van der Waals surface area contributed by atoms with E-state index in [0.29, 0.717) is 29.2 Å². The van der Waals surface area contributed by atoms with Crippen LogP contribution in [0, 0.1) is 12.3 Å². The minimum Gasteiger partial charge on any atom is -0.310 e. The maximum atomic E-state index is 13.0. The van der Waals surface area contributed by atoms with E-state index >= 15 is 0 Å². The van der Waals surface area contributed by atoms with Crippen molar-refractivity contribution >= 4 is 34.7 Å². The van der Waals surface area contributed by atoms with E-state index in [2.05, 4.69) is 20.4 Å². The molecular formula is C24H24ClN5O2S. The van der Waals surface area contributed by atoms with Gasteiger partial charge in [0, 0.05) is 23.9 Å². The average Bonchev–Trinajstić information content (AvgIpc) is 3.47. The topological polar surface area (TPSA) is 92.7 Å². The molecule has 7 nitrogen and oxygen atoms in total. The zero-order chi connectivity index (χ0) is 23.6. The number of aryl methyl sites for hydroxylation is 1. The highest BCUT2D eigenvalue weighted by Gasteiger charge is 2.28. The van der Waals surface area contributed by atoms with Crippen molar-refractivity contribution in [3.05, 3.63) is 81.1 Å². The summed E-state index contributed by atoms with van der Waals surface area (Å²) in [6.45, 7) is 5.33. The van der Waals surface area contributed by atoms with Crippen molar-refractivity contribution in [2.24, 2.45) is 5.41 Å². The predicted octanol–water partition coefficient (Wildman–Crippen LogP) is 4.79. The molecule has 4 rings (SSSR count). The molecule has 4 aromatic rings. The van der Waals surface area contributed by atoms with Gasteiger partial charge >= 0.3 is 0 Å². The molecule has 0 saturated carbocycles. The molecule has 0 aliphatic carbocycles. The highest BCUT2D eigenvalue weighted by Crippen LogP contribution is 2.29. The van der Waals surface area contributed by atoms with Crippen molar-refractivity contribution in [1.29, 1.82) is 0 Å². The second-order valence-electron chi connectivity index (χ2n) is 8.39. The standard InChI is InChI=1S/C24H24ClN5O2S/c1-15-17(12-16-8-5-4-6-9-16)21(31)28-23(26-15)30-20(27-22(32)24(2,3)14-25)13-18(29-30)19-10-7-11-33-19/h4-11,13H,12,14H2,1-3H3,(H,27,32)(H,26,28,31). The second kappa shape index (κ2) is 9.33. The number of nitrogens with one attached hydrogen (secondary N) is 2. The molecular weight excluding hydrogens is 458 g/mol. The quantitative estimate of drug-likeness (QED) is 0.371. The number of rotatable bonds is 7. The molecule has 0 aliphatic rings. The number of hydrogen-bond acceptors (Lipinski definition) is 5. The number of aromatic nitrogens is 4. The van der Waals surface area contributed by atoms with E-state index < -0.39 is 5.41 Å². The number of thiophene rings is 1. The van der Waals surface area contributed by atoms with Crippen molar-refractivity contribution in [1.82, 2.24) is 19.7 Å². The fourth-order valence-electron chi connectivity index (χ4n) is 3.23. The van der Waals surface area contributed by atoms with Gasteiger partial charge in [-0.15, -0.1) is 22.9 Å². The Morgan fingerprint density at radius 2 is 1.97 bits per heavy atom. The van der Waals surface area contributed by atoms with Crippen LogP contribution < -0.4 is 10.9 Å². The van der Waals surface area contributed by atoms with Gasteiger partial charge in [-0.05, 0) is 37.8 Å². The van der Waals surface area contributed by atoms with Gasteiger partial charge in [-0.25, -0.2) is 4.98 Å². The Kier molecular flexibility index (Phi) is 6.49. The number of amides is 1. The van der Waals surface area contributed by atoms with Crippen molar-refractivity contribution < 1.29 is 4.79 Å². The van der Waals surface area contributed by atoms with E-state index in [-0.39, 0.29) is 23.3 Å². The number of anilines is 1. The molecule has 2 N–H and O–H groups in total. The number of H-pyrrole nitrogens is 1. The Labute approximate surface area is 200 Å². The van der Waals surface area contributed by atoms with Crippen molar-refractivity contribution in [2.75, 3.05) is 11.2 Å². The number of carbonyl (C=O) groups excluding carboxylic acids is 1. The zero-order valence-corrected chi connectivity index (χ0v) is 20.1. The molecule has 33 heavy (non-hydrogen) atoms. The van der Waals surface area contributed by atoms with Crippen LogP contribution in [0.5, 0.6) is 0 Å². The van der Waals surface area contributed by atoms with Crippen molar-refractivity contribution in [2.45, 2.75) is 27.2 Å². The highest BCUT2D eigenvalue weighted by atomic mass is 35.5. The molecule has 0 unspecified atom stereocenters. The van der Waals surface area contributed by atoms with Gasteiger partial charge in [-0.3, -0.25) is 14.6 Å². The molecule has 0 spiro atoms. The number of benzene rings is 1. The molecule has 0 fully saturated rings.